The van der Waals surface area contributed by atoms with Gasteiger partial charge in [0.2, 0.25) is 5.95 Å². The van der Waals surface area contributed by atoms with E-state index in [4.69, 9.17) is 9.97 Å². The van der Waals surface area contributed by atoms with Gasteiger partial charge in [-0.15, -0.1) is 0 Å². The lowest BCUT2D eigenvalue weighted by Gasteiger charge is -2.35. The standard InChI is InChI=1S/C32H34FN7O/c1-35-18-32(10-12-34)11-13-39(19-32)31-37-29-26(30(38-31)40-16-21-6-7-22(17-40)36-21)9-8-25(28(29)33)27-15-23(41)14-20-4-2-3-5-24(20)27/h2-5,8-9,14-15,21-22,35-36,41H,6-7,10-11,13,16-19H2,1H3/t21-,22+,32?. The van der Waals surface area contributed by atoms with E-state index >= 15 is 4.39 Å². The molecule has 9 heteroatoms. The second kappa shape index (κ2) is 10.1. The number of hydrogen-bond acceptors (Lipinski definition) is 8. The molecule has 0 saturated carbocycles. The van der Waals surface area contributed by atoms with Gasteiger partial charge in [0, 0.05) is 67.6 Å². The van der Waals surface area contributed by atoms with Crippen LogP contribution < -0.4 is 20.4 Å². The number of phenolic OH excluding ortho intramolecular Hbond substituents is 1. The third-order valence-corrected chi connectivity index (χ3v) is 9.15. The number of anilines is 2. The van der Waals surface area contributed by atoms with Gasteiger partial charge in [-0.25, -0.2) is 9.37 Å². The Balaban J connectivity index is 1.39. The van der Waals surface area contributed by atoms with Crippen LogP contribution in [0.15, 0.2) is 48.5 Å². The second-order valence-corrected chi connectivity index (χ2v) is 12.0. The fourth-order valence-corrected chi connectivity index (χ4v) is 7.21. The van der Waals surface area contributed by atoms with Gasteiger partial charge in [0.1, 0.15) is 17.1 Å². The molecule has 0 aliphatic carbocycles. The van der Waals surface area contributed by atoms with Crippen LogP contribution >= 0.6 is 0 Å². The van der Waals surface area contributed by atoms with E-state index in [-0.39, 0.29) is 16.7 Å². The van der Waals surface area contributed by atoms with Gasteiger partial charge >= 0.3 is 0 Å². The van der Waals surface area contributed by atoms with Crippen LogP contribution in [0.4, 0.5) is 16.2 Å². The number of hydrogen-bond donors (Lipinski definition) is 3. The van der Waals surface area contributed by atoms with E-state index in [1.54, 1.807) is 18.2 Å². The summed E-state index contributed by atoms with van der Waals surface area (Å²) in [7, 11) is 1.91. The van der Waals surface area contributed by atoms with Crippen LogP contribution in [0, 0.1) is 22.6 Å². The average molecular weight is 552 g/mol. The topological polar surface area (TPSA) is 100 Å². The molecular weight excluding hydrogens is 517 g/mol. The van der Waals surface area contributed by atoms with E-state index in [0.29, 0.717) is 54.1 Å². The molecule has 3 aromatic carbocycles. The molecule has 7 rings (SSSR count). The van der Waals surface area contributed by atoms with Gasteiger partial charge in [0.05, 0.1) is 6.07 Å². The van der Waals surface area contributed by atoms with Gasteiger partial charge < -0.3 is 25.5 Å². The van der Waals surface area contributed by atoms with Crippen LogP contribution in [0.1, 0.15) is 25.7 Å². The Bertz CT molecular complexity index is 1670. The molecular formula is C32H34FN7O. The number of nitrogens with zero attached hydrogens (tertiary/aromatic N) is 5. The Labute approximate surface area is 238 Å². The summed E-state index contributed by atoms with van der Waals surface area (Å²) in [5.41, 5.74) is 1.12. The molecule has 4 aromatic rings. The Morgan fingerprint density at radius 3 is 2.66 bits per heavy atom. The minimum Gasteiger partial charge on any atom is -0.508 e. The lowest BCUT2D eigenvalue weighted by atomic mass is 9.84. The van der Waals surface area contributed by atoms with Crippen molar-refractivity contribution in [3.63, 3.8) is 0 Å². The maximum atomic E-state index is 16.7. The zero-order chi connectivity index (χ0) is 28.1. The molecule has 41 heavy (non-hydrogen) atoms. The zero-order valence-corrected chi connectivity index (χ0v) is 23.2. The minimum atomic E-state index is -0.418. The molecule has 3 saturated heterocycles. The van der Waals surface area contributed by atoms with Crippen molar-refractivity contribution in [2.45, 2.75) is 37.8 Å². The maximum absolute atomic E-state index is 16.7. The Kier molecular flexibility index (Phi) is 6.40. The van der Waals surface area contributed by atoms with Crippen molar-refractivity contribution in [3.05, 3.63) is 54.3 Å². The molecule has 3 aliphatic rings. The summed E-state index contributed by atoms with van der Waals surface area (Å²) >= 11 is 0. The second-order valence-electron chi connectivity index (χ2n) is 12.0. The molecule has 8 nitrogen and oxygen atoms in total. The van der Waals surface area contributed by atoms with E-state index < -0.39 is 5.82 Å². The Hall–Kier alpha value is -4.00. The van der Waals surface area contributed by atoms with Gasteiger partial charge in [0.15, 0.2) is 5.82 Å². The smallest absolute Gasteiger partial charge is 0.228 e. The molecule has 2 bridgehead atoms. The largest absolute Gasteiger partial charge is 0.508 e. The number of nitriles is 1. The number of halogens is 1. The summed E-state index contributed by atoms with van der Waals surface area (Å²) in [4.78, 5) is 14.4. The zero-order valence-electron chi connectivity index (χ0n) is 23.2. The fraction of sp³-hybridized carbons (Fsp3) is 0.406. The molecule has 0 amide bonds. The summed E-state index contributed by atoms with van der Waals surface area (Å²) in [6, 6.07) is 17.9. The minimum absolute atomic E-state index is 0.0917. The predicted octanol–water partition coefficient (Wildman–Crippen LogP) is 4.56. The highest BCUT2D eigenvalue weighted by atomic mass is 19.1. The van der Waals surface area contributed by atoms with Crippen molar-refractivity contribution in [3.8, 4) is 22.9 Å². The number of phenols is 1. The summed E-state index contributed by atoms with van der Waals surface area (Å²) in [6.45, 7) is 3.71. The van der Waals surface area contributed by atoms with Crippen molar-refractivity contribution in [1.29, 1.82) is 5.26 Å². The van der Waals surface area contributed by atoms with Crippen LogP contribution in [0.2, 0.25) is 0 Å². The van der Waals surface area contributed by atoms with Crippen LogP contribution in [-0.4, -0.2) is 66.9 Å². The number of piperazine rings is 1. The molecule has 3 atom stereocenters. The number of benzene rings is 3. The molecule has 0 radical (unpaired) electrons. The molecule has 4 heterocycles. The van der Waals surface area contributed by atoms with Crippen LogP contribution in [0.3, 0.4) is 0 Å². The lowest BCUT2D eigenvalue weighted by Crippen LogP contribution is -2.51. The molecule has 0 spiro atoms. The van der Waals surface area contributed by atoms with E-state index in [9.17, 15) is 10.4 Å². The lowest BCUT2D eigenvalue weighted by molar-refractivity contribution is 0.324. The van der Waals surface area contributed by atoms with Crippen molar-refractivity contribution in [1.82, 2.24) is 20.6 Å². The fourth-order valence-electron chi connectivity index (χ4n) is 7.21. The molecule has 210 valence electrons. The Morgan fingerprint density at radius 2 is 1.88 bits per heavy atom. The molecule has 3 aliphatic heterocycles. The van der Waals surface area contributed by atoms with Gasteiger partial charge in [-0.3, -0.25) is 0 Å². The molecule has 1 aromatic heterocycles. The number of rotatable bonds is 6. The Morgan fingerprint density at radius 1 is 1.07 bits per heavy atom. The monoisotopic (exact) mass is 551 g/mol. The highest BCUT2D eigenvalue weighted by molar-refractivity contribution is 6.01. The van der Waals surface area contributed by atoms with Crippen LogP contribution in [0.25, 0.3) is 32.8 Å². The number of fused-ring (bicyclic) bond motifs is 4. The van der Waals surface area contributed by atoms with Gasteiger partial charge in [0.25, 0.3) is 0 Å². The van der Waals surface area contributed by atoms with Crippen molar-refractivity contribution < 1.29 is 9.50 Å². The highest BCUT2D eigenvalue weighted by Gasteiger charge is 2.40. The first kappa shape index (κ1) is 25.9. The van der Waals surface area contributed by atoms with Gasteiger partial charge in [-0.2, -0.15) is 10.2 Å². The highest BCUT2D eigenvalue weighted by Crippen LogP contribution is 2.40. The number of nitrogens with one attached hydrogen (secondary N) is 2. The van der Waals surface area contributed by atoms with Crippen molar-refractivity contribution in [2.75, 3.05) is 49.6 Å². The summed E-state index contributed by atoms with van der Waals surface area (Å²) in [5, 5.41) is 29.4. The first-order chi connectivity index (χ1) is 20.0. The van der Waals surface area contributed by atoms with Gasteiger partial charge in [-0.05, 0) is 60.8 Å². The number of aromatic nitrogens is 2. The van der Waals surface area contributed by atoms with E-state index in [1.165, 1.54) is 0 Å². The van der Waals surface area contributed by atoms with Crippen LogP contribution in [0.5, 0.6) is 5.75 Å². The van der Waals surface area contributed by atoms with Gasteiger partial charge in [-0.1, -0.05) is 30.3 Å². The third-order valence-electron chi connectivity index (χ3n) is 9.15. The normalized spacial score (nSPS) is 23.9. The first-order valence-corrected chi connectivity index (χ1v) is 14.5. The SMILES string of the molecule is CNCC1(CC#N)CCN(c2nc(N3C[C@H]4CC[C@@H](C3)N4)c3ccc(-c4cc(O)cc5ccccc45)c(F)c3n2)C1. The van der Waals surface area contributed by atoms with Crippen LogP contribution in [-0.2, 0) is 0 Å². The third kappa shape index (κ3) is 4.52. The first-order valence-electron chi connectivity index (χ1n) is 14.5. The summed E-state index contributed by atoms with van der Waals surface area (Å²) in [6.07, 6.45) is 3.54. The summed E-state index contributed by atoms with van der Waals surface area (Å²) in [5.74, 6) is 0.945. The van der Waals surface area contributed by atoms with E-state index in [2.05, 4.69) is 26.5 Å². The maximum Gasteiger partial charge on any atom is 0.228 e. The quantitative estimate of drug-likeness (QED) is 0.321. The predicted molar refractivity (Wildman–Crippen MR) is 160 cm³/mol. The summed E-state index contributed by atoms with van der Waals surface area (Å²) < 4.78 is 16.7. The number of aromatic hydroxyl groups is 1. The molecule has 3 N–H and O–H groups in total. The average Bonchev–Trinajstić information content (AvgIpc) is 3.55. The van der Waals surface area contributed by atoms with E-state index in [1.807, 2.05) is 37.4 Å². The molecule has 3 fully saturated rings. The molecule has 1 unspecified atom stereocenters. The van der Waals surface area contributed by atoms with Crippen molar-refractivity contribution in [2.24, 2.45) is 5.41 Å². The van der Waals surface area contributed by atoms with Crippen molar-refractivity contribution >= 4 is 33.4 Å². The van der Waals surface area contributed by atoms with E-state index in [0.717, 1.165) is 55.5 Å².